The van der Waals surface area contributed by atoms with Gasteiger partial charge in [-0.1, -0.05) is 24.4 Å². The zero-order valence-corrected chi connectivity index (χ0v) is 15.2. The minimum atomic E-state index is -0.190. The van der Waals surface area contributed by atoms with E-state index in [9.17, 15) is 4.79 Å². The monoisotopic (exact) mass is 432 g/mol. The molecule has 7 heteroatoms. The summed E-state index contributed by atoms with van der Waals surface area (Å²) < 4.78 is 1.73. The van der Waals surface area contributed by atoms with Crippen LogP contribution in [0, 0.1) is 6.92 Å². The lowest BCUT2D eigenvalue weighted by Gasteiger charge is -2.11. The van der Waals surface area contributed by atoms with Gasteiger partial charge in [-0.25, -0.2) is 0 Å². The molecule has 0 aliphatic rings. The molecular formula is C13H10Br2N2OS2. The van der Waals surface area contributed by atoms with Gasteiger partial charge in [0.2, 0.25) is 0 Å². The topological polar surface area (TPSA) is 55.1 Å². The maximum absolute atomic E-state index is 12.2. The number of hydrogen-bond donors (Lipinski definition) is 2. The molecule has 1 amide bonds. The highest BCUT2D eigenvalue weighted by Crippen LogP contribution is 2.33. The number of thiocarbonyl (C=S) groups is 1. The van der Waals surface area contributed by atoms with E-state index in [1.54, 1.807) is 12.1 Å². The normalized spacial score (nSPS) is 10.3. The molecule has 0 aliphatic heterocycles. The minimum absolute atomic E-state index is 0.190. The van der Waals surface area contributed by atoms with Gasteiger partial charge < -0.3 is 11.1 Å². The molecule has 3 N–H and O–H groups in total. The Hall–Kier alpha value is -0.760. The van der Waals surface area contributed by atoms with E-state index in [0.29, 0.717) is 16.1 Å². The lowest BCUT2D eigenvalue weighted by molar-refractivity contribution is 0.103. The molecule has 104 valence electrons. The van der Waals surface area contributed by atoms with Crippen molar-refractivity contribution in [2.45, 2.75) is 6.92 Å². The number of aryl methyl sites for hydroxylation is 1. The first-order chi connectivity index (χ1) is 9.40. The molecule has 0 saturated heterocycles. The van der Waals surface area contributed by atoms with E-state index >= 15 is 0 Å². The molecule has 0 spiro atoms. The number of anilines is 1. The largest absolute Gasteiger partial charge is 0.389 e. The fourth-order valence-electron chi connectivity index (χ4n) is 1.74. The molecule has 20 heavy (non-hydrogen) atoms. The first kappa shape index (κ1) is 15.6. The zero-order valence-electron chi connectivity index (χ0n) is 10.4. The maximum atomic E-state index is 12.2. The quantitative estimate of drug-likeness (QED) is 0.702. The van der Waals surface area contributed by atoms with Gasteiger partial charge in [0.15, 0.2) is 0 Å². The number of nitrogens with two attached hydrogens (primary N) is 1. The molecule has 1 heterocycles. The van der Waals surface area contributed by atoms with Crippen molar-refractivity contribution >= 4 is 72.0 Å². The first-order valence-electron chi connectivity index (χ1n) is 5.55. The van der Waals surface area contributed by atoms with Crippen LogP contribution in [0.25, 0.3) is 0 Å². The number of hydrogen-bond acceptors (Lipinski definition) is 3. The Labute approximate surface area is 142 Å². The number of amides is 1. The molecule has 0 atom stereocenters. The number of benzene rings is 1. The number of thiophene rings is 1. The number of carbonyl (C=O) groups excluding carboxylic acids is 1. The third kappa shape index (κ3) is 3.28. The molecule has 0 aliphatic carbocycles. The summed E-state index contributed by atoms with van der Waals surface area (Å²) in [6, 6.07) is 7.31. The summed E-state index contributed by atoms with van der Waals surface area (Å²) in [4.78, 5) is 13.1. The van der Waals surface area contributed by atoms with Crippen molar-refractivity contribution in [2.75, 3.05) is 5.32 Å². The molecule has 1 aromatic carbocycles. The van der Waals surface area contributed by atoms with Crippen LogP contribution in [0.2, 0.25) is 0 Å². The predicted octanol–water partition coefficient (Wildman–Crippen LogP) is 4.47. The summed E-state index contributed by atoms with van der Waals surface area (Å²) in [6.45, 7) is 1.91. The Morgan fingerprint density at radius 3 is 2.65 bits per heavy atom. The smallest absolute Gasteiger partial charge is 0.265 e. The summed E-state index contributed by atoms with van der Waals surface area (Å²) in [6.07, 6.45) is 0. The van der Waals surface area contributed by atoms with Crippen molar-refractivity contribution in [3.63, 3.8) is 0 Å². The van der Waals surface area contributed by atoms with Crippen LogP contribution in [0.5, 0.6) is 0 Å². The van der Waals surface area contributed by atoms with Gasteiger partial charge in [0.25, 0.3) is 5.91 Å². The van der Waals surface area contributed by atoms with Gasteiger partial charge in [0, 0.05) is 10.0 Å². The number of rotatable bonds is 3. The lowest BCUT2D eigenvalue weighted by Crippen LogP contribution is -2.18. The Bertz CT molecular complexity index is 678. The standard InChI is InChI=1S/C13H10Br2N2OS2/c1-6-3-2-4-8(10(6)12(16)19)17-13(18)9-5-7(14)11(15)20-9/h2-5H,1H3,(H2,16,19)(H,17,18). The highest BCUT2D eigenvalue weighted by atomic mass is 79.9. The zero-order chi connectivity index (χ0) is 14.9. The molecule has 2 rings (SSSR count). The maximum Gasteiger partial charge on any atom is 0.265 e. The van der Waals surface area contributed by atoms with Crippen LogP contribution >= 0.6 is 55.4 Å². The molecule has 0 fully saturated rings. The van der Waals surface area contributed by atoms with E-state index in [0.717, 1.165) is 13.8 Å². The van der Waals surface area contributed by atoms with E-state index in [-0.39, 0.29) is 10.9 Å². The molecule has 0 bridgehead atoms. The van der Waals surface area contributed by atoms with Crippen molar-refractivity contribution in [1.29, 1.82) is 0 Å². The highest BCUT2D eigenvalue weighted by molar-refractivity contribution is 9.13. The van der Waals surface area contributed by atoms with Gasteiger partial charge in [-0.15, -0.1) is 11.3 Å². The van der Waals surface area contributed by atoms with Crippen LogP contribution < -0.4 is 11.1 Å². The average molecular weight is 434 g/mol. The number of nitrogens with one attached hydrogen (secondary N) is 1. The summed E-state index contributed by atoms with van der Waals surface area (Å²) in [5.41, 5.74) is 7.99. The van der Waals surface area contributed by atoms with E-state index < -0.39 is 0 Å². The first-order valence-corrected chi connectivity index (χ1v) is 8.37. The van der Waals surface area contributed by atoms with Crippen LogP contribution in [0.4, 0.5) is 5.69 Å². The second kappa shape index (κ2) is 6.34. The van der Waals surface area contributed by atoms with Crippen LogP contribution in [-0.4, -0.2) is 10.9 Å². The molecular weight excluding hydrogens is 424 g/mol. The van der Waals surface area contributed by atoms with Crippen LogP contribution in [0.15, 0.2) is 32.5 Å². The lowest BCUT2D eigenvalue weighted by atomic mass is 10.1. The average Bonchev–Trinajstić information content (AvgIpc) is 2.69. The molecule has 0 unspecified atom stereocenters. The third-order valence-corrected chi connectivity index (χ3v) is 6.10. The van der Waals surface area contributed by atoms with E-state index in [1.165, 1.54) is 11.3 Å². The van der Waals surface area contributed by atoms with Gasteiger partial charge in [-0.3, -0.25) is 4.79 Å². The molecule has 1 aromatic heterocycles. The van der Waals surface area contributed by atoms with Gasteiger partial charge in [0.05, 0.1) is 14.4 Å². The fourth-order valence-corrected chi connectivity index (χ4v) is 3.94. The highest BCUT2D eigenvalue weighted by Gasteiger charge is 2.15. The van der Waals surface area contributed by atoms with Crippen LogP contribution in [-0.2, 0) is 0 Å². The molecule has 2 aromatic rings. The van der Waals surface area contributed by atoms with E-state index in [1.807, 2.05) is 19.1 Å². The summed E-state index contributed by atoms with van der Waals surface area (Å²) in [5.74, 6) is -0.190. The summed E-state index contributed by atoms with van der Waals surface area (Å²) in [5, 5.41) is 2.85. The van der Waals surface area contributed by atoms with Crippen molar-refractivity contribution in [2.24, 2.45) is 5.73 Å². The Morgan fingerprint density at radius 1 is 1.40 bits per heavy atom. The van der Waals surface area contributed by atoms with Crippen molar-refractivity contribution in [3.05, 3.63) is 48.5 Å². The Kier molecular flexibility index (Phi) is 4.95. The predicted molar refractivity (Wildman–Crippen MR) is 94.7 cm³/mol. The Morgan fingerprint density at radius 2 is 2.10 bits per heavy atom. The number of carbonyl (C=O) groups is 1. The van der Waals surface area contributed by atoms with E-state index in [4.69, 9.17) is 18.0 Å². The number of halogens is 2. The van der Waals surface area contributed by atoms with Crippen LogP contribution in [0.3, 0.4) is 0 Å². The van der Waals surface area contributed by atoms with Gasteiger partial charge in [-0.2, -0.15) is 0 Å². The fraction of sp³-hybridized carbons (Fsp3) is 0.0769. The summed E-state index contributed by atoms with van der Waals surface area (Å²) in [7, 11) is 0. The van der Waals surface area contributed by atoms with Gasteiger partial charge in [-0.05, 0) is 56.5 Å². The minimum Gasteiger partial charge on any atom is -0.389 e. The third-order valence-electron chi connectivity index (χ3n) is 2.64. The molecule has 3 nitrogen and oxygen atoms in total. The van der Waals surface area contributed by atoms with Crippen LogP contribution in [0.1, 0.15) is 20.8 Å². The SMILES string of the molecule is Cc1cccc(NC(=O)c2cc(Br)c(Br)s2)c1C(N)=S. The van der Waals surface area contributed by atoms with Crippen molar-refractivity contribution in [3.8, 4) is 0 Å². The molecule has 0 radical (unpaired) electrons. The van der Waals surface area contributed by atoms with Gasteiger partial charge >= 0.3 is 0 Å². The van der Waals surface area contributed by atoms with Gasteiger partial charge in [0.1, 0.15) is 4.99 Å². The van der Waals surface area contributed by atoms with Crippen molar-refractivity contribution < 1.29 is 4.79 Å². The van der Waals surface area contributed by atoms with Crippen molar-refractivity contribution in [1.82, 2.24) is 0 Å². The molecule has 0 saturated carbocycles. The second-order valence-electron chi connectivity index (χ2n) is 4.05. The Balaban J connectivity index is 2.33. The second-order valence-corrected chi connectivity index (χ2v) is 7.71. The van der Waals surface area contributed by atoms with E-state index in [2.05, 4.69) is 37.2 Å². The summed E-state index contributed by atoms with van der Waals surface area (Å²) >= 11 is 13.1.